The van der Waals surface area contributed by atoms with Gasteiger partial charge in [0.1, 0.15) is 5.75 Å². The van der Waals surface area contributed by atoms with Crippen molar-refractivity contribution in [2.75, 3.05) is 11.9 Å². The summed E-state index contributed by atoms with van der Waals surface area (Å²) in [6.45, 7) is 7.01. The predicted molar refractivity (Wildman–Crippen MR) is 118 cm³/mol. The Bertz CT molecular complexity index is 786. The molecule has 0 spiro atoms. The van der Waals surface area contributed by atoms with Crippen LogP contribution in [0.25, 0.3) is 0 Å². The number of carbonyl (C=O) groups excluding carboxylic acids is 1. The SMILES string of the molecule is CC(C)(C)c1ccc(OCCCC(=O)NC(=S)Nc2cccc(Br)c2)cc1. The van der Waals surface area contributed by atoms with Gasteiger partial charge in [0.05, 0.1) is 6.61 Å². The third kappa shape index (κ3) is 7.69. The van der Waals surface area contributed by atoms with E-state index in [9.17, 15) is 4.79 Å². The van der Waals surface area contributed by atoms with Crippen LogP contribution in [0.2, 0.25) is 0 Å². The van der Waals surface area contributed by atoms with Gasteiger partial charge < -0.3 is 15.4 Å². The van der Waals surface area contributed by atoms with E-state index in [1.807, 2.05) is 36.4 Å². The zero-order valence-corrected chi connectivity index (χ0v) is 18.2. The molecule has 0 aliphatic carbocycles. The predicted octanol–water partition coefficient (Wildman–Crippen LogP) is 5.42. The molecule has 0 atom stereocenters. The minimum atomic E-state index is -0.130. The first-order chi connectivity index (χ1) is 12.7. The van der Waals surface area contributed by atoms with E-state index < -0.39 is 0 Å². The summed E-state index contributed by atoms with van der Waals surface area (Å²) in [5, 5.41) is 5.96. The molecule has 2 aromatic rings. The summed E-state index contributed by atoms with van der Waals surface area (Å²) in [7, 11) is 0. The van der Waals surface area contributed by atoms with Gasteiger partial charge >= 0.3 is 0 Å². The van der Waals surface area contributed by atoms with Crippen LogP contribution in [-0.2, 0) is 10.2 Å². The number of hydrogen-bond acceptors (Lipinski definition) is 3. The van der Waals surface area contributed by atoms with Crippen LogP contribution in [0.1, 0.15) is 39.2 Å². The largest absolute Gasteiger partial charge is 0.494 e. The highest BCUT2D eigenvalue weighted by molar-refractivity contribution is 9.10. The molecule has 0 bridgehead atoms. The Morgan fingerprint density at radius 2 is 1.85 bits per heavy atom. The molecule has 1 amide bonds. The number of thiocarbonyl (C=S) groups is 1. The second-order valence-corrected chi connectivity index (χ2v) is 8.56. The average Bonchev–Trinajstić information content (AvgIpc) is 2.58. The van der Waals surface area contributed by atoms with Crippen molar-refractivity contribution in [1.29, 1.82) is 0 Å². The Kier molecular flexibility index (Phi) is 7.80. The van der Waals surface area contributed by atoms with E-state index >= 15 is 0 Å². The van der Waals surface area contributed by atoms with Gasteiger partial charge in [0.25, 0.3) is 0 Å². The first-order valence-corrected chi connectivity index (χ1v) is 10.0. The Hall–Kier alpha value is -1.92. The first-order valence-electron chi connectivity index (χ1n) is 8.84. The second kappa shape index (κ2) is 9.85. The average molecular weight is 449 g/mol. The van der Waals surface area contributed by atoms with Crippen LogP contribution in [-0.4, -0.2) is 17.6 Å². The normalized spacial score (nSPS) is 11.0. The second-order valence-electron chi connectivity index (χ2n) is 7.24. The zero-order chi connectivity index (χ0) is 19.9. The fraction of sp³-hybridized carbons (Fsp3) is 0.333. The van der Waals surface area contributed by atoms with Gasteiger partial charge in [0, 0.05) is 16.6 Å². The molecule has 144 valence electrons. The maximum atomic E-state index is 12.0. The molecular weight excluding hydrogens is 424 g/mol. The Balaban J connectivity index is 1.67. The monoisotopic (exact) mass is 448 g/mol. The molecule has 4 nitrogen and oxygen atoms in total. The zero-order valence-electron chi connectivity index (χ0n) is 15.8. The fourth-order valence-corrected chi connectivity index (χ4v) is 3.02. The number of benzene rings is 2. The van der Waals surface area contributed by atoms with Crippen molar-refractivity contribution < 1.29 is 9.53 Å². The number of nitrogens with one attached hydrogen (secondary N) is 2. The summed E-state index contributed by atoms with van der Waals surface area (Å²) in [6, 6.07) is 15.7. The smallest absolute Gasteiger partial charge is 0.226 e. The topological polar surface area (TPSA) is 50.4 Å². The van der Waals surface area contributed by atoms with Crippen LogP contribution < -0.4 is 15.4 Å². The molecular formula is C21H25BrN2O2S. The van der Waals surface area contributed by atoms with Crippen molar-refractivity contribution in [3.8, 4) is 5.75 Å². The Morgan fingerprint density at radius 1 is 1.15 bits per heavy atom. The van der Waals surface area contributed by atoms with Gasteiger partial charge in [-0.2, -0.15) is 0 Å². The number of halogens is 1. The quantitative estimate of drug-likeness (QED) is 0.457. The molecule has 27 heavy (non-hydrogen) atoms. The van der Waals surface area contributed by atoms with Gasteiger partial charge in [-0.3, -0.25) is 4.79 Å². The van der Waals surface area contributed by atoms with Crippen molar-refractivity contribution >= 4 is 44.9 Å². The summed E-state index contributed by atoms with van der Waals surface area (Å²) < 4.78 is 6.64. The van der Waals surface area contributed by atoms with E-state index in [4.69, 9.17) is 17.0 Å². The molecule has 0 aromatic heterocycles. The van der Waals surface area contributed by atoms with Gasteiger partial charge in [-0.15, -0.1) is 0 Å². The Labute approximate surface area is 174 Å². The van der Waals surface area contributed by atoms with Crippen LogP contribution in [0, 0.1) is 0 Å². The lowest BCUT2D eigenvalue weighted by Crippen LogP contribution is -2.34. The molecule has 0 heterocycles. The van der Waals surface area contributed by atoms with Gasteiger partial charge in [-0.1, -0.05) is 54.9 Å². The maximum Gasteiger partial charge on any atom is 0.226 e. The van der Waals surface area contributed by atoms with Crippen molar-refractivity contribution in [2.45, 2.75) is 39.0 Å². The Morgan fingerprint density at radius 3 is 2.48 bits per heavy atom. The van der Waals surface area contributed by atoms with Gasteiger partial charge in [0.2, 0.25) is 5.91 Å². The van der Waals surface area contributed by atoms with Crippen molar-refractivity contribution in [2.24, 2.45) is 0 Å². The number of anilines is 1. The number of rotatable bonds is 6. The summed E-state index contributed by atoms with van der Waals surface area (Å²) in [5.41, 5.74) is 2.20. The highest BCUT2D eigenvalue weighted by atomic mass is 79.9. The molecule has 0 radical (unpaired) electrons. The minimum Gasteiger partial charge on any atom is -0.494 e. The molecule has 6 heteroatoms. The highest BCUT2D eigenvalue weighted by Crippen LogP contribution is 2.24. The fourth-order valence-electron chi connectivity index (χ4n) is 2.39. The molecule has 0 aliphatic rings. The van der Waals surface area contributed by atoms with Crippen LogP contribution in [0.5, 0.6) is 5.75 Å². The van der Waals surface area contributed by atoms with Crippen LogP contribution in [0.3, 0.4) is 0 Å². The summed E-state index contributed by atoms with van der Waals surface area (Å²) >= 11 is 8.56. The lowest BCUT2D eigenvalue weighted by molar-refractivity contribution is -0.119. The number of ether oxygens (including phenoxy) is 1. The number of hydrogen-bond donors (Lipinski definition) is 2. The molecule has 0 saturated carbocycles. The van der Waals surface area contributed by atoms with Crippen LogP contribution >= 0.6 is 28.1 Å². The van der Waals surface area contributed by atoms with Crippen molar-refractivity contribution in [3.63, 3.8) is 0 Å². The van der Waals surface area contributed by atoms with Crippen LogP contribution in [0.4, 0.5) is 5.69 Å². The summed E-state index contributed by atoms with van der Waals surface area (Å²) in [4.78, 5) is 12.0. The number of amides is 1. The molecule has 0 unspecified atom stereocenters. The molecule has 2 aromatic carbocycles. The van der Waals surface area contributed by atoms with Crippen LogP contribution in [0.15, 0.2) is 53.0 Å². The van der Waals surface area contributed by atoms with Gasteiger partial charge in [-0.05, 0) is 59.9 Å². The van der Waals surface area contributed by atoms with Crippen molar-refractivity contribution in [3.05, 3.63) is 58.6 Å². The number of carbonyl (C=O) groups is 1. The van der Waals surface area contributed by atoms with E-state index in [0.717, 1.165) is 15.9 Å². The molecule has 0 aliphatic heterocycles. The van der Waals surface area contributed by atoms with E-state index in [2.05, 4.69) is 59.5 Å². The van der Waals surface area contributed by atoms with Crippen molar-refractivity contribution in [1.82, 2.24) is 5.32 Å². The molecule has 2 rings (SSSR count). The highest BCUT2D eigenvalue weighted by Gasteiger charge is 2.13. The van der Waals surface area contributed by atoms with E-state index in [1.165, 1.54) is 5.56 Å². The molecule has 0 saturated heterocycles. The third-order valence-corrected chi connectivity index (χ3v) is 4.57. The maximum absolute atomic E-state index is 12.0. The molecule has 2 N–H and O–H groups in total. The lowest BCUT2D eigenvalue weighted by Gasteiger charge is -2.19. The lowest BCUT2D eigenvalue weighted by atomic mass is 9.87. The van der Waals surface area contributed by atoms with Gasteiger partial charge in [-0.25, -0.2) is 0 Å². The summed E-state index contributed by atoms with van der Waals surface area (Å²) in [6.07, 6.45) is 0.965. The standard InChI is InChI=1S/C21H25BrN2O2S/c1-21(2,3)15-9-11-18(12-10-15)26-13-5-8-19(25)24-20(27)23-17-7-4-6-16(22)14-17/h4,6-7,9-12,14H,5,8,13H2,1-3H3,(H2,23,24,25,27). The minimum absolute atomic E-state index is 0.124. The van der Waals surface area contributed by atoms with E-state index in [-0.39, 0.29) is 16.4 Å². The van der Waals surface area contributed by atoms with E-state index in [0.29, 0.717) is 19.4 Å². The summed E-state index contributed by atoms with van der Waals surface area (Å²) in [5.74, 6) is 0.685. The van der Waals surface area contributed by atoms with E-state index in [1.54, 1.807) is 0 Å². The first kappa shape index (κ1) is 21.4. The third-order valence-electron chi connectivity index (χ3n) is 3.87. The van der Waals surface area contributed by atoms with Gasteiger partial charge in [0.15, 0.2) is 5.11 Å². The molecule has 0 fully saturated rings.